The lowest BCUT2D eigenvalue weighted by Crippen LogP contribution is -2.28. The molecule has 1 amide bonds. The SMILES string of the molecule is CN(Cc1c(F)cccc1Cl)C(=O)c1cc2c(cc1[N+](=O)[O-])OCCO2. The predicted octanol–water partition coefficient (Wildman–Crippen LogP) is 3.43. The second kappa shape index (κ2) is 7.17. The maximum absolute atomic E-state index is 13.9. The van der Waals surface area contributed by atoms with Crippen LogP contribution in [0.1, 0.15) is 15.9 Å². The van der Waals surface area contributed by atoms with Gasteiger partial charge >= 0.3 is 0 Å². The summed E-state index contributed by atoms with van der Waals surface area (Å²) in [6.45, 7) is 0.401. The van der Waals surface area contributed by atoms with E-state index in [9.17, 15) is 19.3 Å². The number of carbonyl (C=O) groups is 1. The monoisotopic (exact) mass is 380 g/mol. The number of nitrogens with zero attached hydrogens (tertiary/aromatic N) is 2. The number of amides is 1. The Bertz CT molecular complexity index is 869. The van der Waals surface area contributed by atoms with Gasteiger partial charge in [0.15, 0.2) is 11.5 Å². The lowest BCUT2D eigenvalue weighted by atomic mass is 10.1. The summed E-state index contributed by atoms with van der Waals surface area (Å²) in [6, 6.07) is 6.62. The minimum absolute atomic E-state index is 0.130. The minimum atomic E-state index is -0.671. The van der Waals surface area contributed by atoms with Crippen LogP contribution in [0, 0.1) is 15.9 Å². The molecule has 0 bridgehead atoms. The first-order valence-corrected chi connectivity index (χ1v) is 8.02. The third-order valence-electron chi connectivity index (χ3n) is 3.89. The zero-order chi connectivity index (χ0) is 18.8. The van der Waals surface area contributed by atoms with Crippen molar-refractivity contribution in [3.8, 4) is 11.5 Å². The highest BCUT2D eigenvalue weighted by molar-refractivity contribution is 6.31. The Morgan fingerprint density at radius 1 is 1.31 bits per heavy atom. The number of nitro groups is 1. The molecule has 1 heterocycles. The number of hydrogen-bond donors (Lipinski definition) is 0. The molecule has 2 aromatic rings. The van der Waals surface area contributed by atoms with Gasteiger partial charge in [-0.15, -0.1) is 0 Å². The lowest BCUT2D eigenvalue weighted by molar-refractivity contribution is -0.385. The summed E-state index contributed by atoms with van der Waals surface area (Å²) in [5.74, 6) is -0.761. The first-order valence-electron chi connectivity index (χ1n) is 7.65. The first kappa shape index (κ1) is 17.9. The molecule has 1 aliphatic heterocycles. The zero-order valence-electron chi connectivity index (χ0n) is 13.7. The molecule has 0 saturated heterocycles. The molecular weight excluding hydrogens is 367 g/mol. The summed E-state index contributed by atoms with van der Waals surface area (Å²) >= 11 is 5.98. The van der Waals surface area contributed by atoms with Crippen LogP contribution in [0.5, 0.6) is 11.5 Å². The summed E-state index contributed by atoms with van der Waals surface area (Å²) in [5.41, 5.74) is -0.454. The molecule has 0 fully saturated rings. The molecule has 0 aromatic heterocycles. The summed E-state index contributed by atoms with van der Waals surface area (Å²) in [4.78, 5) is 24.6. The number of halogens is 2. The molecule has 26 heavy (non-hydrogen) atoms. The summed E-state index contributed by atoms with van der Waals surface area (Å²) in [7, 11) is 1.41. The molecule has 0 saturated carbocycles. The topological polar surface area (TPSA) is 81.9 Å². The van der Waals surface area contributed by atoms with Gasteiger partial charge in [-0.25, -0.2) is 4.39 Å². The Balaban J connectivity index is 1.94. The van der Waals surface area contributed by atoms with E-state index >= 15 is 0 Å². The van der Waals surface area contributed by atoms with Gasteiger partial charge in [-0.3, -0.25) is 14.9 Å². The minimum Gasteiger partial charge on any atom is -0.486 e. The second-order valence-corrected chi connectivity index (χ2v) is 6.04. The van der Waals surface area contributed by atoms with E-state index in [0.717, 1.165) is 11.0 Å². The molecule has 2 aromatic carbocycles. The summed E-state index contributed by atoms with van der Waals surface area (Å²) < 4.78 is 24.6. The molecule has 7 nitrogen and oxygen atoms in total. The highest BCUT2D eigenvalue weighted by atomic mass is 35.5. The van der Waals surface area contributed by atoms with E-state index in [1.165, 1.54) is 31.3 Å². The van der Waals surface area contributed by atoms with E-state index in [2.05, 4.69) is 0 Å². The molecule has 0 unspecified atom stereocenters. The van der Waals surface area contributed by atoms with Gasteiger partial charge < -0.3 is 14.4 Å². The number of hydrogen-bond acceptors (Lipinski definition) is 5. The van der Waals surface area contributed by atoms with Gasteiger partial charge in [-0.05, 0) is 12.1 Å². The van der Waals surface area contributed by atoms with Crippen molar-refractivity contribution in [1.29, 1.82) is 0 Å². The number of carbonyl (C=O) groups excluding carboxylic acids is 1. The van der Waals surface area contributed by atoms with Gasteiger partial charge in [0.2, 0.25) is 0 Å². The number of ether oxygens (including phenoxy) is 2. The molecule has 1 aliphatic rings. The fourth-order valence-electron chi connectivity index (χ4n) is 2.60. The van der Waals surface area contributed by atoms with Crippen LogP contribution >= 0.6 is 11.6 Å². The fraction of sp³-hybridized carbons (Fsp3) is 0.235. The highest BCUT2D eigenvalue weighted by Gasteiger charge is 2.28. The first-order chi connectivity index (χ1) is 12.4. The van der Waals surface area contributed by atoms with E-state index in [-0.39, 0.29) is 47.4 Å². The fourth-order valence-corrected chi connectivity index (χ4v) is 2.82. The van der Waals surface area contributed by atoms with Crippen LogP contribution in [0.3, 0.4) is 0 Å². The number of benzene rings is 2. The average Bonchev–Trinajstić information content (AvgIpc) is 2.62. The van der Waals surface area contributed by atoms with Crippen LogP contribution < -0.4 is 9.47 Å². The Morgan fingerprint density at radius 2 is 1.96 bits per heavy atom. The molecule has 136 valence electrons. The number of nitro benzene ring substituents is 1. The number of fused-ring (bicyclic) bond motifs is 1. The normalized spacial score (nSPS) is 12.6. The van der Waals surface area contributed by atoms with Crippen LogP contribution in [0.25, 0.3) is 0 Å². The van der Waals surface area contributed by atoms with Crippen molar-refractivity contribution < 1.29 is 23.6 Å². The van der Waals surface area contributed by atoms with Crippen molar-refractivity contribution in [2.75, 3.05) is 20.3 Å². The van der Waals surface area contributed by atoms with Crippen molar-refractivity contribution in [2.45, 2.75) is 6.54 Å². The molecule has 0 spiro atoms. The zero-order valence-corrected chi connectivity index (χ0v) is 14.5. The van der Waals surface area contributed by atoms with Gasteiger partial charge in [0.1, 0.15) is 24.6 Å². The van der Waals surface area contributed by atoms with E-state index in [1.807, 2.05) is 0 Å². The van der Waals surface area contributed by atoms with Gasteiger partial charge in [-0.1, -0.05) is 17.7 Å². The third-order valence-corrected chi connectivity index (χ3v) is 4.25. The van der Waals surface area contributed by atoms with Crippen LogP contribution in [-0.2, 0) is 6.54 Å². The van der Waals surface area contributed by atoms with Crippen LogP contribution in [0.4, 0.5) is 10.1 Å². The summed E-state index contributed by atoms with van der Waals surface area (Å²) in [6.07, 6.45) is 0. The molecule has 9 heteroatoms. The van der Waals surface area contributed by atoms with E-state index in [0.29, 0.717) is 0 Å². The maximum Gasteiger partial charge on any atom is 0.286 e. The Hall–Kier alpha value is -2.87. The maximum atomic E-state index is 13.9. The van der Waals surface area contributed by atoms with E-state index < -0.39 is 22.3 Å². The lowest BCUT2D eigenvalue weighted by Gasteiger charge is -2.21. The molecule has 0 atom stereocenters. The van der Waals surface area contributed by atoms with Crippen molar-refractivity contribution in [3.63, 3.8) is 0 Å². The highest BCUT2D eigenvalue weighted by Crippen LogP contribution is 2.37. The van der Waals surface area contributed by atoms with Crippen LogP contribution in [-0.4, -0.2) is 36.0 Å². The van der Waals surface area contributed by atoms with Gasteiger partial charge in [-0.2, -0.15) is 0 Å². The molecule has 0 N–H and O–H groups in total. The van der Waals surface area contributed by atoms with Gasteiger partial charge in [0.05, 0.1) is 11.0 Å². The molecule has 3 rings (SSSR count). The Labute approximate surface area is 153 Å². The van der Waals surface area contributed by atoms with Gasteiger partial charge in [0, 0.05) is 30.2 Å². The van der Waals surface area contributed by atoms with E-state index in [4.69, 9.17) is 21.1 Å². The standard InChI is InChI=1S/C17H14ClFN2O5/c1-20(9-11-12(18)3-2-4-13(11)19)17(22)10-7-15-16(26-6-5-25-15)8-14(10)21(23)24/h2-4,7-8H,5-6,9H2,1H3. The largest absolute Gasteiger partial charge is 0.486 e. The summed E-state index contributed by atoms with van der Waals surface area (Å²) in [5, 5.41) is 11.5. The van der Waals surface area contributed by atoms with Gasteiger partial charge in [0.25, 0.3) is 11.6 Å². The van der Waals surface area contributed by atoms with Crippen molar-refractivity contribution in [1.82, 2.24) is 4.90 Å². The Kier molecular flexibility index (Phi) is 4.94. The second-order valence-electron chi connectivity index (χ2n) is 5.63. The van der Waals surface area contributed by atoms with Crippen molar-refractivity contribution in [2.24, 2.45) is 0 Å². The molecule has 0 radical (unpaired) electrons. The number of rotatable bonds is 4. The Morgan fingerprint density at radius 3 is 2.58 bits per heavy atom. The third kappa shape index (κ3) is 3.41. The average molecular weight is 381 g/mol. The van der Waals surface area contributed by atoms with E-state index in [1.54, 1.807) is 0 Å². The van der Waals surface area contributed by atoms with Crippen molar-refractivity contribution in [3.05, 3.63) is 62.4 Å². The smallest absolute Gasteiger partial charge is 0.286 e. The van der Waals surface area contributed by atoms with Crippen LogP contribution in [0.15, 0.2) is 30.3 Å². The molecule has 0 aliphatic carbocycles. The van der Waals surface area contributed by atoms with Crippen LogP contribution in [0.2, 0.25) is 5.02 Å². The van der Waals surface area contributed by atoms with Crippen molar-refractivity contribution >= 4 is 23.2 Å². The quantitative estimate of drug-likeness (QED) is 0.599. The predicted molar refractivity (Wildman–Crippen MR) is 91.3 cm³/mol. The molecular formula is C17H14ClFN2O5.